The predicted octanol–water partition coefficient (Wildman–Crippen LogP) is 25.1. The summed E-state index contributed by atoms with van der Waals surface area (Å²) in [5.41, 5.74) is 24.8. The zero-order valence-electron chi connectivity index (χ0n) is 53.3. The lowest BCUT2D eigenvalue weighted by Crippen LogP contribution is -2.14. The first-order valence-electron chi connectivity index (χ1n) is 32.1. The molecule has 15 rings (SSSR count). The highest BCUT2D eigenvalue weighted by Gasteiger charge is 2.27. The molecule has 0 amide bonds. The van der Waals surface area contributed by atoms with Crippen molar-refractivity contribution in [2.45, 2.75) is 54.9 Å². The molecule has 0 aliphatic carbocycles. The molecule has 0 saturated heterocycles. The number of fused-ring (bicyclic) bond motifs is 7. The second-order valence-corrected chi connectivity index (χ2v) is 24.9. The van der Waals surface area contributed by atoms with Crippen LogP contribution in [0.15, 0.2) is 297 Å². The molecule has 15 aromatic carbocycles. The van der Waals surface area contributed by atoms with Crippen molar-refractivity contribution in [1.82, 2.24) is 0 Å². The van der Waals surface area contributed by atoms with E-state index in [1.807, 2.05) is 0 Å². The normalized spacial score (nSPS) is 11.5. The van der Waals surface area contributed by atoms with E-state index in [4.69, 9.17) is 0 Å². The van der Waals surface area contributed by atoms with Crippen LogP contribution >= 0.6 is 0 Å². The van der Waals surface area contributed by atoms with E-state index in [0.717, 1.165) is 96.2 Å². The average molecular weight is 1190 g/mol. The molecule has 0 aliphatic heterocycles. The summed E-state index contributed by atoms with van der Waals surface area (Å²) < 4.78 is 0. The number of para-hydroxylation sites is 3. The standard InChI is InChI=1S/C88H72N4/c1-58-42-46-71(50-62(58)5)89(72-47-43-59(2)63(6)51-72)85-56-83-76-35-18-20-37-78(76)86(57-84(83)75-34-17-19-36-77(75)85)90(73-48-44-60(3)64(7)52-73)74-49-45-61(4)66(55-74)53-65-26-25-33-70(54-65)92(69-31-15-10-16-32-69)88-81-40-23-21-38-79(81)87(80-39-22-24-41-82(80)88)91(67-27-11-8-12-28-67)68-29-13-9-14-30-68/h8-52,54-57H,53H2,1-7H3. The summed E-state index contributed by atoms with van der Waals surface area (Å²) in [7, 11) is 0. The molecule has 0 radical (unpaired) electrons. The van der Waals surface area contributed by atoms with E-state index in [-0.39, 0.29) is 0 Å². The van der Waals surface area contributed by atoms with Crippen LogP contribution in [0.1, 0.15) is 50.1 Å². The minimum absolute atomic E-state index is 0.726. The van der Waals surface area contributed by atoms with Crippen LogP contribution in [0.3, 0.4) is 0 Å². The average Bonchev–Trinajstić information content (AvgIpc) is 0.735. The van der Waals surface area contributed by atoms with Gasteiger partial charge in [-0.3, -0.25) is 0 Å². The van der Waals surface area contributed by atoms with Gasteiger partial charge in [0.2, 0.25) is 0 Å². The summed E-state index contributed by atoms with van der Waals surface area (Å²) in [6.07, 6.45) is 0.726. The molecule has 0 heterocycles. The molecule has 0 saturated carbocycles. The Bertz CT molecular complexity index is 5160. The van der Waals surface area contributed by atoms with Crippen molar-refractivity contribution >= 4 is 122 Å². The van der Waals surface area contributed by atoms with E-state index in [1.165, 1.54) is 82.4 Å². The van der Waals surface area contributed by atoms with Gasteiger partial charge in [-0.25, -0.2) is 0 Å². The molecule has 0 aliphatic rings. The molecule has 4 nitrogen and oxygen atoms in total. The monoisotopic (exact) mass is 1180 g/mol. The number of benzene rings is 15. The Hall–Kier alpha value is -11.2. The molecule has 92 heavy (non-hydrogen) atoms. The minimum atomic E-state index is 0.726. The van der Waals surface area contributed by atoms with Gasteiger partial charge >= 0.3 is 0 Å². The van der Waals surface area contributed by atoms with Gasteiger partial charge in [-0.1, -0.05) is 188 Å². The highest BCUT2D eigenvalue weighted by molar-refractivity contribution is 6.26. The Balaban J connectivity index is 0.882. The number of rotatable bonds is 14. The quantitative estimate of drug-likeness (QED) is 0.0611. The molecule has 15 aromatic rings. The van der Waals surface area contributed by atoms with Crippen LogP contribution in [-0.2, 0) is 6.42 Å². The van der Waals surface area contributed by atoms with Crippen molar-refractivity contribution < 1.29 is 0 Å². The van der Waals surface area contributed by atoms with Crippen molar-refractivity contribution in [3.63, 3.8) is 0 Å². The van der Waals surface area contributed by atoms with Crippen LogP contribution in [0.25, 0.3) is 53.9 Å². The summed E-state index contributed by atoms with van der Waals surface area (Å²) in [4.78, 5) is 9.90. The van der Waals surface area contributed by atoms with Crippen LogP contribution in [0.2, 0.25) is 0 Å². The highest BCUT2D eigenvalue weighted by Crippen LogP contribution is 2.53. The predicted molar refractivity (Wildman–Crippen MR) is 395 cm³/mol. The van der Waals surface area contributed by atoms with Crippen LogP contribution < -0.4 is 19.6 Å². The summed E-state index contributed by atoms with van der Waals surface area (Å²) >= 11 is 0. The van der Waals surface area contributed by atoms with Gasteiger partial charge in [-0.2, -0.15) is 0 Å². The van der Waals surface area contributed by atoms with Gasteiger partial charge in [0.05, 0.1) is 22.7 Å². The number of hydrogen-bond donors (Lipinski definition) is 0. The summed E-state index contributed by atoms with van der Waals surface area (Å²) in [5.74, 6) is 0. The van der Waals surface area contributed by atoms with Gasteiger partial charge in [0, 0.05) is 77.8 Å². The molecular formula is C88H72N4. The number of hydrogen-bond acceptors (Lipinski definition) is 4. The first-order valence-corrected chi connectivity index (χ1v) is 32.1. The van der Waals surface area contributed by atoms with Crippen molar-refractivity contribution in [3.05, 3.63) is 347 Å². The number of anilines is 12. The molecule has 0 fully saturated rings. The van der Waals surface area contributed by atoms with E-state index in [0.29, 0.717) is 0 Å². The van der Waals surface area contributed by atoms with Crippen LogP contribution in [0.4, 0.5) is 68.2 Å². The maximum absolute atomic E-state index is 2.51. The fourth-order valence-corrected chi connectivity index (χ4v) is 13.9. The first kappa shape index (κ1) is 57.3. The molecule has 0 N–H and O–H groups in total. The Kier molecular flexibility index (Phi) is 14.9. The molecule has 0 bridgehead atoms. The zero-order valence-corrected chi connectivity index (χ0v) is 53.3. The van der Waals surface area contributed by atoms with Crippen molar-refractivity contribution in [3.8, 4) is 0 Å². The summed E-state index contributed by atoms with van der Waals surface area (Å²) in [6.45, 7) is 15.5. The van der Waals surface area contributed by atoms with E-state index in [9.17, 15) is 0 Å². The Labute approximate surface area is 540 Å². The largest absolute Gasteiger partial charge is 0.310 e. The molecule has 4 heteroatoms. The number of nitrogens with zero attached hydrogens (tertiary/aromatic N) is 4. The summed E-state index contributed by atoms with van der Waals surface area (Å²) in [5, 5.41) is 11.8. The molecule has 0 unspecified atom stereocenters. The highest BCUT2D eigenvalue weighted by atomic mass is 15.2. The van der Waals surface area contributed by atoms with E-state index >= 15 is 0 Å². The van der Waals surface area contributed by atoms with Crippen LogP contribution in [0.5, 0.6) is 0 Å². The smallest absolute Gasteiger partial charge is 0.0619 e. The number of aryl methyl sites for hydroxylation is 7. The fourth-order valence-electron chi connectivity index (χ4n) is 13.9. The maximum atomic E-state index is 2.51. The lowest BCUT2D eigenvalue weighted by Gasteiger charge is -2.33. The topological polar surface area (TPSA) is 13.0 Å². The maximum Gasteiger partial charge on any atom is 0.0619 e. The van der Waals surface area contributed by atoms with E-state index in [2.05, 4.69) is 365 Å². The Morgan fingerprint density at radius 3 is 0.880 bits per heavy atom. The molecular weight excluding hydrogens is 1110 g/mol. The van der Waals surface area contributed by atoms with Crippen LogP contribution in [0, 0.1) is 48.5 Å². The second kappa shape index (κ2) is 24.0. The van der Waals surface area contributed by atoms with Gasteiger partial charge in [0.1, 0.15) is 0 Å². The lowest BCUT2D eigenvalue weighted by molar-refractivity contribution is 1.14. The van der Waals surface area contributed by atoms with Crippen LogP contribution in [-0.4, -0.2) is 0 Å². The lowest BCUT2D eigenvalue weighted by atomic mass is 9.92. The second-order valence-electron chi connectivity index (χ2n) is 24.9. The Morgan fingerprint density at radius 2 is 0.500 bits per heavy atom. The third-order valence-electron chi connectivity index (χ3n) is 19.1. The van der Waals surface area contributed by atoms with Crippen molar-refractivity contribution in [2.24, 2.45) is 0 Å². The molecule has 0 atom stereocenters. The third-order valence-corrected chi connectivity index (χ3v) is 19.1. The van der Waals surface area contributed by atoms with Gasteiger partial charge in [-0.05, 0) is 236 Å². The Morgan fingerprint density at radius 1 is 0.196 bits per heavy atom. The molecule has 0 aromatic heterocycles. The first-order chi connectivity index (χ1) is 45.0. The summed E-state index contributed by atoms with van der Waals surface area (Å²) in [6, 6.07) is 110. The van der Waals surface area contributed by atoms with Crippen molar-refractivity contribution in [1.29, 1.82) is 0 Å². The van der Waals surface area contributed by atoms with Gasteiger partial charge < -0.3 is 19.6 Å². The zero-order chi connectivity index (χ0) is 62.6. The van der Waals surface area contributed by atoms with Gasteiger partial charge in [0.25, 0.3) is 0 Å². The SMILES string of the molecule is Cc1ccc(N(c2ccc(C)c(C)c2)c2cc3c4ccccc4c(N(c4ccc(C)c(C)c4)c4ccc(C)c(Cc5cccc(N(c6ccccc6)c6c7ccccc7c(N(c7ccccc7)c7ccccc7)c7ccccc67)c5)c4)cc3c3ccccc23)cc1C. The molecule has 0 spiro atoms. The molecule has 444 valence electrons. The minimum Gasteiger partial charge on any atom is -0.310 e. The van der Waals surface area contributed by atoms with Gasteiger partial charge in [0.15, 0.2) is 0 Å². The third kappa shape index (κ3) is 10.3. The van der Waals surface area contributed by atoms with Gasteiger partial charge in [-0.15, -0.1) is 0 Å². The fraction of sp³-hybridized carbons (Fsp3) is 0.0909. The van der Waals surface area contributed by atoms with Crippen molar-refractivity contribution in [2.75, 3.05) is 19.6 Å². The van der Waals surface area contributed by atoms with E-state index in [1.54, 1.807) is 0 Å². The van der Waals surface area contributed by atoms with E-state index < -0.39 is 0 Å².